The van der Waals surface area contributed by atoms with Gasteiger partial charge in [-0.15, -0.1) is 0 Å². The topological polar surface area (TPSA) is 75.6 Å². The van der Waals surface area contributed by atoms with Gasteiger partial charge in [-0.3, -0.25) is 4.79 Å². The summed E-state index contributed by atoms with van der Waals surface area (Å²) in [5, 5.41) is 12.7. The van der Waals surface area contributed by atoms with E-state index in [0.29, 0.717) is 6.54 Å². The first-order valence-electron chi connectivity index (χ1n) is 8.75. The molecule has 2 aromatic carbocycles. The van der Waals surface area contributed by atoms with Gasteiger partial charge in [0.15, 0.2) is 6.10 Å². The van der Waals surface area contributed by atoms with Crippen LogP contribution in [0.1, 0.15) is 47.7 Å². The number of carbonyl (C=O) groups excluding carboxylic acids is 2. The zero-order chi connectivity index (χ0) is 19.1. The van der Waals surface area contributed by atoms with Crippen molar-refractivity contribution in [2.45, 2.75) is 39.2 Å². The van der Waals surface area contributed by atoms with Crippen LogP contribution in [0.5, 0.6) is 5.75 Å². The third-order valence-electron chi connectivity index (χ3n) is 4.31. The molecule has 0 saturated carbocycles. The minimum absolute atomic E-state index is 0.0472. The van der Waals surface area contributed by atoms with Crippen LogP contribution in [-0.2, 0) is 9.53 Å². The van der Waals surface area contributed by atoms with E-state index in [-0.39, 0.29) is 23.1 Å². The Kier molecular flexibility index (Phi) is 6.78. The second kappa shape index (κ2) is 9.04. The lowest BCUT2D eigenvalue weighted by atomic mass is 9.96. The minimum atomic E-state index is -0.948. The molecule has 0 radical (unpaired) electrons. The number of aromatic hydroxyl groups is 1. The van der Waals surface area contributed by atoms with Gasteiger partial charge in [-0.25, -0.2) is 4.79 Å². The number of esters is 1. The Morgan fingerprint density at radius 2 is 1.85 bits per heavy atom. The van der Waals surface area contributed by atoms with Gasteiger partial charge in [0.1, 0.15) is 11.3 Å². The summed E-state index contributed by atoms with van der Waals surface area (Å²) in [6, 6.07) is 14.6. The number of rotatable bonds is 7. The van der Waals surface area contributed by atoms with Crippen molar-refractivity contribution in [1.82, 2.24) is 5.32 Å². The fraction of sp³-hybridized carbons (Fsp3) is 0.333. The Bertz CT molecular complexity index is 758. The van der Waals surface area contributed by atoms with Crippen LogP contribution in [-0.4, -0.2) is 29.6 Å². The van der Waals surface area contributed by atoms with Crippen molar-refractivity contribution in [1.29, 1.82) is 0 Å². The van der Waals surface area contributed by atoms with Gasteiger partial charge in [0.05, 0.1) is 0 Å². The van der Waals surface area contributed by atoms with Gasteiger partial charge in [-0.1, -0.05) is 43.3 Å². The lowest BCUT2D eigenvalue weighted by Crippen LogP contribution is -2.38. The molecule has 0 aliphatic carbocycles. The van der Waals surface area contributed by atoms with Gasteiger partial charge in [0.25, 0.3) is 5.91 Å². The molecule has 5 nitrogen and oxygen atoms in total. The molecular weight excluding hydrogens is 330 g/mol. The first kappa shape index (κ1) is 19.5. The van der Waals surface area contributed by atoms with E-state index < -0.39 is 12.1 Å². The largest absolute Gasteiger partial charge is 0.507 e. The SMILES string of the molecule is CC[C@H](CNC(=O)[C@H](C)OC(=O)c1ccc(C)cc1O)c1ccccc1. The van der Waals surface area contributed by atoms with Crippen molar-refractivity contribution < 1.29 is 19.4 Å². The van der Waals surface area contributed by atoms with Crippen LogP contribution >= 0.6 is 0 Å². The molecule has 2 aromatic rings. The van der Waals surface area contributed by atoms with E-state index in [9.17, 15) is 14.7 Å². The standard InChI is InChI=1S/C21H25NO4/c1-4-16(17-8-6-5-7-9-17)13-22-20(24)15(3)26-21(25)18-11-10-14(2)12-19(18)23/h5-12,15-16,23H,4,13H2,1-3H3,(H,22,24)/t15-,16+/m0/s1. The first-order chi connectivity index (χ1) is 12.4. The van der Waals surface area contributed by atoms with Gasteiger partial charge in [-0.2, -0.15) is 0 Å². The van der Waals surface area contributed by atoms with Gasteiger partial charge >= 0.3 is 5.97 Å². The number of benzene rings is 2. The van der Waals surface area contributed by atoms with Crippen molar-refractivity contribution in [2.75, 3.05) is 6.54 Å². The summed E-state index contributed by atoms with van der Waals surface area (Å²) in [6.07, 6.45) is -0.0631. The second-order valence-electron chi connectivity index (χ2n) is 6.33. The zero-order valence-electron chi connectivity index (χ0n) is 15.4. The molecule has 0 aliphatic heterocycles. The Hall–Kier alpha value is -2.82. The summed E-state index contributed by atoms with van der Waals surface area (Å²) in [4.78, 5) is 24.4. The highest BCUT2D eigenvalue weighted by Crippen LogP contribution is 2.20. The molecule has 0 fully saturated rings. The normalized spacial score (nSPS) is 12.9. The first-order valence-corrected chi connectivity index (χ1v) is 8.75. The van der Waals surface area contributed by atoms with Crippen molar-refractivity contribution in [3.8, 4) is 5.75 Å². The number of aryl methyl sites for hydroxylation is 1. The van der Waals surface area contributed by atoms with Gasteiger partial charge < -0.3 is 15.2 Å². The highest BCUT2D eigenvalue weighted by Gasteiger charge is 2.21. The molecule has 0 bridgehead atoms. The smallest absolute Gasteiger partial charge is 0.342 e. The Balaban J connectivity index is 1.91. The molecule has 2 N–H and O–H groups in total. The van der Waals surface area contributed by atoms with Crippen LogP contribution in [0, 0.1) is 6.92 Å². The fourth-order valence-electron chi connectivity index (χ4n) is 2.68. The number of ether oxygens (including phenoxy) is 1. The third-order valence-corrected chi connectivity index (χ3v) is 4.31. The molecule has 5 heteroatoms. The summed E-state index contributed by atoms with van der Waals surface area (Å²) >= 11 is 0. The number of hydrogen-bond acceptors (Lipinski definition) is 4. The summed E-state index contributed by atoms with van der Waals surface area (Å²) in [6.45, 7) is 5.86. The predicted octanol–water partition coefficient (Wildman–Crippen LogP) is 3.56. The highest BCUT2D eigenvalue weighted by atomic mass is 16.5. The number of amides is 1. The summed E-state index contributed by atoms with van der Waals surface area (Å²) in [7, 11) is 0. The lowest BCUT2D eigenvalue weighted by Gasteiger charge is -2.18. The van der Waals surface area contributed by atoms with E-state index in [1.165, 1.54) is 19.1 Å². The third kappa shape index (κ3) is 5.09. The van der Waals surface area contributed by atoms with Crippen LogP contribution < -0.4 is 5.32 Å². The Morgan fingerprint density at radius 1 is 1.15 bits per heavy atom. The average Bonchev–Trinajstić information content (AvgIpc) is 2.62. The van der Waals surface area contributed by atoms with Crippen molar-refractivity contribution in [3.05, 3.63) is 65.2 Å². The number of nitrogens with one attached hydrogen (secondary N) is 1. The number of phenolic OH excluding ortho intramolecular Hbond substituents is 1. The molecule has 0 unspecified atom stereocenters. The van der Waals surface area contributed by atoms with Crippen LogP contribution in [0.3, 0.4) is 0 Å². The number of phenols is 1. The van der Waals surface area contributed by atoms with E-state index in [1.54, 1.807) is 6.07 Å². The predicted molar refractivity (Wildman–Crippen MR) is 100 cm³/mol. The molecule has 0 saturated heterocycles. The zero-order valence-corrected chi connectivity index (χ0v) is 15.4. The van der Waals surface area contributed by atoms with Crippen LogP contribution in [0.15, 0.2) is 48.5 Å². The second-order valence-corrected chi connectivity index (χ2v) is 6.33. The molecule has 2 atom stereocenters. The van der Waals surface area contributed by atoms with Gasteiger partial charge in [0.2, 0.25) is 0 Å². The van der Waals surface area contributed by atoms with E-state index in [0.717, 1.165) is 17.5 Å². The van der Waals surface area contributed by atoms with E-state index in [1.807, 2.05) is 37.3 Å². The molecule has 2 rings (SSSR count). The summed E-state index contributed by atoms with van der Waals surface area (Å²) < 4.78 is 5.18. The molecule has 138 valence electrons. The van der Waals surface area contributed by atoms with Crippen molar-refractivity contribution in [2.24, 2.45) is 0 Å². The molecular formula is C21H25NO4. The Morgan fingerprint density at radius 3 is 2.46 bits per heavy atom. The lowest BCUT2D eigenvalue weighted by molar-refractivity contribution is -0.129. The molecule has 0 aliphatic rings. The van der Waals surface area contributed by atoms with Crippen molar-refractivity contribution in [3.63, 3.8) is 0 Å². The molecule has 0 aromatic heterocycles. The molecule has 0 spiro atoms. The Labute approximate surface area is 154 Å². The summed E-state index contributed by atoms with van der Waals surface area (Å²) in [5.74, 6) is -1.04. The minimum Gasteiger partial charge on any atom is -0.507 e. The van der Waals surface area contributed by atoms with Crippen LogP contribution in [0.25, 0.3) is 0 Å². The maximum Gasteiger partial charge on any atom is 0.342 e. The maximum absolute atomic E-state index is 12.2. The monoisotopic (exact) mass is 355 g/mol. The van der Waals surface area contributed by atoms with Crippen LogP contribution in [0.4, 0.5) is 0 Å². The fourth-order valence-corrected chi connectivity index (χ4v) is 2.68. The van der Waals surface area contributed by atoms with E-state index in [2.05, 4.69) is 12.2 Å². The van der Waals surface area contributed by atoms with Crippen LogP contribution in [0.2, 0.25) is 0 Å². The van der Waals surface area contributed by atoms with Gasteiger partial charge in [-0.05, 0) is 43.5 Å². The van der Waals surface area contributed by atoms with Gasteiger partial charge in [0, 0.05) is 12.5 Å². The number of hydrogen-bond donors (Lipinski definition) is 2. The molecule has 0 heterocycles. The quantitative estimate of drug-likeness (QED) is 0.745. The molecule has 26 heavy (non-hydrogen) atoms. The maximum atomic E-state index is 12.2. The highest BCUT2D eigenvalue weighted by molar-refractivity contribution is 5.94. The van der Waals surface area contributed by atoms with E-state index >= 15 is 0 Å². The number of carbonyl (C=O) groups is 2. The average molecular weight is 355 g/mol. The summed E-state index contributed by atoms with van der Waals surface area (Å²) in [5.41, 5.74) is 2.03. The van der Waals surface area contributed by atoms with Crippen molar-refractivity contribution >= 4 is 11.9 Å². The van der Waals surface area contributed by atoms with E-state index in [4.69, 9.17) is 4.74 Å². The molecule has 1 amide bonds.